The lowest BCUT2D eigenvalue weighted by Gasteiger charge is -2.06. The predicted molar refractivity (Wildman–Crippen MR) is 61.6 cm³/mol. The standard InChI is InChI=1S/C13H11NO2/c1-16-12-2-3-13(11(8-12)9-15)10-4-6-14-7-5-10/h2-9H,1H3. The first-order valence-corrected chi connectivity index (χ1v) is 4.89. The number of aromatic nitrogens is 1. The van der Waals surface area contributed by atoms with Gasteiger partial charge in [-0.3, -0.25) is 9.78 Å². The lowest BCUT2D eigenvalue weighted by Crippen LogP contribution is -1.90. The van der Waals surface area contributed by atoms with Gasteiger partial charge in [-0.25, -0.2) is 0 Å². The summed E-state index contributed by atoms with van der Waals surface area (Å²) in [6.07, 6.45) is 4.24. The Labute approximate surface area is 93.7 Å². The zero-order valence-corrected chi connectivity index (χ0v) is 8.88. The summed E-state index contributed by atoms with van der Waals surface area (Å²) in [6.45, 7) is 0. The predicted octanol–water partition coefficient (Wildman–Crippen LogP) is 2.57. The normalized spacial score (nSPS) is 9.81. The molecule has 1 aromatic heterocycles. The van der Waals surface area contributed by atoms with Gasteiger partial charge < -0.3 is 4.74 Å². The van der Waals surface area contributed by atoms with Gasteiger partial charge >= 0.3 is 0 Å². The highest BCUT2D eigenvalue weighted by Crippen LogP contribution is 2.25. The minimum Gasteiger partial charge on any atom is -0.497 e. The number of benzene rings is 1. The zero-order chi connectivity index (χ0) is 11.4. The van der Waals surface area contributed by atoms with Gasteiger partial charge in [-0.1, -0.05) is 0 Å². The summed E-state index contributed by atoms with van der Waals surface area (Å²) in [5.74, 6) is 0.680. The number of nitrogens with zero attached hydrogens (tertiary/aromatic N) is 1. The summed E-state index contributed by atoms with van der Waals surface area (Å²) in [4.78, 5) is 14.9. The summed E-state index contributed by atoms with van der Waals surface area (Å²) in [7, 11) is 1.58. The van der Waals surface area contributed by atoms with Crippen LogP contribution in [0.5, 0.6) is 5.75 Å². The fourth-order valence-corrected chi connectivity index (χ4v) is 1.56. The summed E-state index contributed by atoms with van der Waals surface area (Å²) < 4.78 is 5.08. The fourth-order valence-electron chi connectivity index (χ4n) is 1.56. The van der Waals surface area contributed by atoms with Crippen LogP contribution >= 0.6 is 0 Å². The van der Waals surface area contributed by atoms with Crippen LogP contribution in [-0.4, -0.2) is 18.4 Å². The smallest absolute Gasteiger partial charge is 0.150 e. The number of methoxy groups -OCH3 is 1. The molecule has 0 unspecified atom stereocenters. The maximum atomic E-state index is 11.0. The molecule has 0 aliphatic heterocycles. The van der Waals surface area contributed by atoms with E-state index in [1.807, 2.05) is 24.3 Å². The van der Waals surface area contributed by atoms with Crippen LogP contribution in [-0.2, 0) is 0 Å². The molecule has 0 atom stereocenters. The highest BCUT2D eigenvalue weighted by atomic mass is 16.5. The number of hydrogen-bond donors (Lipinski definition) is 0. The topological polar surface area (TPSA) is 39.2 Å². The number of carbonyl (C=O) groups excluding carboxylic acids is 1. The van der Waals surface area contributed by atoms with Gasteiger partial charge in [0.25, 0.3) is 0 Å². The van der Waals surface area contributed by atoms with E-state index in [0.717, 1.165) is 17.4 Å². The summed E-state index contributed by atoms with van der Waals surface area (Å²) in [5.41, 5.74) is 2.48. The van der Waals surface area contributed by atoms with Crippen molar-refractivity contribution < 1.29 is 9.53 Å². The molecule has 0 saturated heterocycles. The van der Waals surface area contributed by atoms with Crippen LogP contribution in [0.1, 0.15) is 10.4 Å². The zero-order valence-electron chi connectivity index (χ0n) is 8.88. The number of aldehydes is 1. The van der Waals surface area contributed by atoms with E-state index in [1.54, 1.807) is 25.6 Å². The van der Waals surface area contributed by atoms with Gasteiger partial charge in [0.15, 0.2) is 6.29 Å². The maximum absolute atomic E-state index is 11.0. The van der Waals surface area contributed by atoms with E-state index in [4.69, 9.17) is 4.74 Å². The van der Waals surface area contributed by atoms with Crippen LogP contribution < -0.4 is 4.74 Å². The Bertz CT molecular complexity index is 495. The van der Waals surface area contributed by atoms with E-state index in [0.29, 0.717) is 11.3 Å². The third-order valence-electron chi connectivity index (χ3n) is 2.38. The molecule has 2 aromatic rings. The summed E-state index contributed by atoms with van der Waals surface area (Å²) in [5, 5.41) is 0. The largest absolute Gasteiger partial charge is 0.497 e. The highest BCUT2D eigenvalue weighted by molar-refractivity contribution is 5.88. The fraction of sp³-hybridized carbons (Fsp3) is 0.0769. The maximum Gasteiger partial charge on any atom is 0.150 e. The molecule has 16 heavy (non-hydrogen) atoms. The van der Waals surface area contributed by atoms with E-state index in [2.05, 4.69) is 4.98 Å². The molecule has 1 heterocycles. The quantitative estimate of drug-likeness (QED) is 0.735. The number of rotatable bonds is 3. The van der Waals surface area contributed by atoms with Crippen LogP contribution in [0.15, 0.2) is 42.7 Å². The number of pyridine rings is 1. The first-order chi connectivity index (χ1) is 7.85. The Morgan fingerprint density at radius 2 is 1.94 bits per heavy atom. The molecule has 0 radical (unpaired) electrons. The molecule has 80 valence electrons. The first-order valence-electron chi connectivity index (χ1n) is 4.89. The number of hydrogen-bond acceptors (Lipinski definition) is 3. The van der Waals surface area contributed by atoms with Crippen molar-refractivity contribution in [1.29, 1.82) is 0 Å². The molecule has 0 saturated carbocycles. The van der Waals surface area contributed by atoms with Crippen molar-refractivity contribution in [2.24, 2.45) is 0 Å². The van der Waals surface area contributed by atoms with Gasteiger partial charge in [-0.2, -0.15) is 0 Å². The minimum absolute atomic E-state index is 0.616. The van der Waals surface area contributed by atoms with Gasteiger partial charge in [-0.05, 0) is 41.5 Å². The Hall–Kier alpha value is -2.16. The van der Waals surface area contributed by atoms with Crippen molar-refractivity contribution >= 4 is 6.29 Å². The average Bonchev–Trinajstić information content (AvgIpc) is 2.39. The molecular weight excluding hydrogens is 202 g/mol. The van der Waals surface area contributed by atoms with Crippen LogP contribution in [0.4, 0.5) is 0 Å². The van der Waals surface area contributed by atoms with E-state index in [-0.39, 0.29) is 0 Å². The van der Waals surface area contributed by atoms with Gasteiger partial charge in [0.05, 0.1) is 7.11 Å². The SMILES string of the molecule is COc1ccc(-c2ccncc2)c(C=O)c1. The Kier molecular flexibility index (Phi) is 2.96. The molecule has 0 amide bonds. The van der Waals surface area contributed by atoms with Gasteiger partial charge in [0, 0.05) is 18.0 Å². The van der Waals surface area contributed by atoms with E-state index in [9.17, 15) is 4.79 Å². The number of carbonyl (C=O) groups is 1. The van der Waals surface area contributed by atoms with E-state index < -0.39 is 0 Å². The van der Waals surface area contributed by atoms with Crippen molar-refractivity contribution in [3.8, 4) is 16.9 Å². The average molecular weight is 213 g/mol. The van der Waals surface area contributed by atoms with Crippen molar-refractivity contribution in [2.75, 3.05) is 7.11 Å². The van der Waals surface area contributed by atoms with Gasteiger partial charge in [-0.15, -0.1) is 0 Å². The first kappa shape index (κ1) is 10.4. The molecule has 1 aromatic carbocycles. The minimum atomic E-state index is 0.616. The monoisotopic (exact) mass is 213 g/mol. The van der Waals surface area contributed by atoms with E-state index in [1.165, 1.54) is 0 Å². The van der Waals surface area contributed by atoms with Crippen LogP contribution in [0, 0.1) is 0 Å². The van der Waals surface area contributed by atoms with E-state index >= 15 is 0 Å². The number of ether oxygens (including phenoxy) is 1. The van der Waals surface area contributed by atoms with Gasteiger partial charge in [0.2, 0.25) is 0 Å². The van der Waals surface area contributed by atoms with Crippen molar-refractivity contribution in [2.45, 2.75) is 0 Å². The molecule has 3 heteroatoms. The Balaban J connectivity index is 2.53. The Morgan fingerprint density at radius 3 is 2.56 bits per heavy atom. The summed E-state index contributed by atoms with van der Waals surface area (Å²) >= 11 is 0. The molecular formula is C13H11NO2. The van der Waals surface area contributed by atoms with Crippen LogP contribution in [0.3, 0.4) is 0 Å². The lowest BCUT2D eigenvalue weighted by molar-refractivity contribution is 0.112. The lowest BCUT2D eigenvalue weighted by atomic mass is 10.0. The van der Waals surface area contributed by atoms with Crippen molar-refractivity contribution in [3.05, 3.63) is 48.3 Å². The molecule has 0 spiro atoms. The van der Waals surface area contributed by atoms with Gasteiger partial charge in [0.1, 0.15) is 5.75 Å². The van der Waals surface area contributed by atoms with Crippen molar-refractivity contribution in [1.82, 2.24) is 4.98 Å². The van der Waals surface area contributed by atoms with Crippen molar-refractivity contribution in [3.63, 3.8) is 0 Å². The molecule has 0 fully saturated rings. The molecule has 0 bridgehead atoms. The molecule has 0 aliphatic carbocycles. The second-order valence-corrected chi connectivity index (χ2v) is 3.31. The Morgan fingerprint density at radius 1 is 1.19 bits per heavy atom. The molecule has 0 N–H and O–H groups in total. The second-order valence-electron chi connectivity index (χ2n) is 3.31. The molecule has 0 aliphatic rings. The second kappa shape index (κ2) is 4.57. The molecule has 2 rings (SSSR count). The molecule has 3 nitrogen and oxygen atoms in total. The van der Waals surface area contributed by atoms with Crippen LogP contribution in [0.2, 0.25) is 0 Å². The third kappa shape index (κ3) is 1.93. The van der Waals surface area contributed by atoms with Crippen LogP contribution in [0.25, 0.3) is 11.1 Å². The third-order valence-corrected chi connectivity index (χ3v) is 2.38. The summed E-state index contributed by atoms with van der Waals surface area (Å²) in [6, 6.07) is 9.17. The highest BCUT2D eigenvalue weighted by Gasteiger charge is 2.05.